The zero-order chi connectivity index (χ0) is 14.1. The first-order chi connectivity index (χ1) is 9.65. The highest BCUT2D eigenvalue weighted by Gasteiger charge is 2.27. The molecule has 0 saturated heterocycles. The summed E-state index contributed by atoms with van der Waals surface area (Å²) in [5.41, 5.74) is 2.00. The van der Waals surface area contributed by atoms with Crippen molar-refractivity contribution in [2.24, 2.45) is 0 Å². The van der Waals surface area contributed by atoms with E-state index in [9.17, 15) is 0 Å². The van der Waals surface area contributed by atoms with E-state index in [-0.39, 0.29) is 0 Å². The van der Waals surface area contributed by atoms with E-state index in [1.54, 1.807) is 0 Å². The fourth-order valence-corrected chi connectivity index (χ4v) is 2.32. The summed E-state index contributed by atoms with van der Waals surface area (Å²) in [5, 5.41) is 7.05. The van der Waals surface area contributed by atoms with E-state index < -0.39 is 0 Å². The van der Waals surface area contributed by atoms with Crippen molar-refractivity contribution in [1.82, 2.24) is 9.97 Å². The number of halogens is 1. The molecule has 1 fully saturated rings. The van der Waals surface area contributed by atoms with Crippen LogP contribution in [0.1, 0.15) is 30.1 Å². The SMILES string of the molecule is CNc1cc(Nc2ccc(C)cc2Cl)nc(C2CC2)n1. The fourth-order valence-electron chi connectivity index (χ4n) is 2.04. The van der Waals surface area contributed by atoms with Gasteiger partial charge in [0.25, 0.3) is 0 Å². The first-order valence-corrected chi connectivity index (χ1v) is 7.13. The van der Waals surface area contributed by atoms with E-state index in [0.717, 1.165) is 28.7 Å². The summed E-state index contributed by atoms with van der Waals surface area (Å²) in [7, 11) is 1.86. The minimum atomic E-state index is 0.511. The van der Waals surface area contributed by atoms with Gasteiger partial charge in [0.15, 0.2) is 0 Å². The second-order valence-electron chi connectivity index (χ2n) is 5.13. The van der Waals surface area contributed by atoms with Gasteiger partial charge in [-0.05, 0) is 37.5 Å². The highest BCUT2D eigenvalue weighted by atomic mass is 35.5. The first kappa shape index (κ1) is 13.2. The van der Waals surface area contributed by atoms with E-state index in [4.69, 9.17) is 11.6 Å². The van der Waals surface area contributed by atoms with Crippen molar-refractivity contribution >= 4 is 28.9 Å². The number of hydrogen-bond acceptors (Lipinski definition) is 4. The molecule has 1 aromatic carbocycles. The molecule has 1 aromatic heterocycles. The molecule has 4 nitrogen and oxygen atoms in total. The van der Waals surface area contributed by atoms with Crippen molar-refractivity contribution in [1.29, 1.82) is 0 Å². The third kappa shape index (κ3) is 2.85. The molecule has 1 saturated carbocycles. The third-order valence-corrected chi connectivity index (χ3v) is 3.64. The van der Waals surface area contributed by atoms with E-state index in [1.807, 2.05) is 38.2 Å². The molecule has 0 atom stereocenters. The van der Waals surface area contributed by atoms with E-state index in [0.29, 0.717) is 10.9 Å². The number of aromatic nitrogens is 2. The molecule has 5 heteroatoms. The highest BCUT2D eigenvalue weighted by Crippen LogP contribution is 2.39. The Hall–Kier alpha value is -1.81. The lowest BCUT2D eigenvalue weighted by Gasteiger charge is -2.11. The second-order valence-corrected chi connectivity index (χ2v) is 5.54. The minimum absolute atomic E-state index is 0.511. The number of benzene rings is 1. The van der Waals surface area contributed by atoms with Crippen LogP contribution in [-0.4, -0.2) is 17.0 Å². The molecule has 0 unspecified atom stereocenters. The van der Waals surface area contributed by atoms with Crippen LogP contribution in [0.3, 0.4) is 0 Å². The normalized spacial score (nSPS) is 14.2. The average molecular weight is 289 g/mol. The topological polar surface area (TPSA) is 49.8 Å². The van der Waals surface area contributed by atoms with Crippen molar-refractivity contribution in [3.8, 4) is 0 Å². The summed E-state index contributed by atoms with van der Waals surface area (Å²) >= 11 is 6.25. The molecule has 1 aliphatic carbocycles. The van der Waals surface area contributed by atoms with Crippen LogP contribution in [-0.2, 0) is 0 Å². The Bertz CT molecular complexity index is 638. The van der Waals surface area contributed by atoms with Crippen molar-refractivity contribution < 1.29 is 0 Å². The van der Waals surface area contributed by atoms with Crippen molar-refractivity contribution in [2.45, 2.75) is 25.7 Å². The van der Waals surface area contributed by atoms with Gasteiger partial charge in [0, 0.05) is 19.0 Å². The molecule has 2 N–H and O–H groups in total. The van der Waals surface area contributed by atoms with Gasteiger partial charge in [-0.25, -0.2) is 9.97 Å². The maximum Gasteiger partial charge on any atom is 0.136 e. The highest BCUT2D eigenvalue weighted by molar-refractivity contribution is 6.33. The number of hydrogen-bond donors (Lipinski definition) is 2. The molecule has 0 bridgehead atoms. The van der Waals surface area contributed by atoms with Crippen molar-refractivity contribution in [3.05, 3.63) is 40.7 Å². The molecular weight excluding hydrogens is 272 g/mol. The molecule has 1 aliphatic rings. The monoisotopic (exact) mass is 288 g/mol. The van der Waals surface area contributed by atoms with Crippen molar-refractivity contribution in [2.75, 3.05) is 17.7 Å². The Kier molecular flexibility index (Phi) is 3.49. The Balaban J connectivity index is 1.91. The lowest BCUT2D eigenvalue weighted by atomic mass is 10.2. The van der Waals surface area contributed by atoms with Crippen LogP contribution in [0.4, 0.5) is 17.3 Å². The van der Waals surface area contributed by atoms with Gasteiger partial charge in [0.2, 0.25) is 0 Å². The molecule has 2 aromatic rings. The van der Waals surface area contributed by atoms with Gasteiger partial charge in [-0.2, -0.15) is 0 Å². The van der Waals surface area contributed by atoms with Gasteiger partial charge in [0.1, 0.15) is 17.5 Å². The van der Waals surface area contributed by atoms with E-state index >= 15 is 0 Å². The number of anilines is 3. The molecule has 3 rings (SSSR count). The van der Waals surface area contributed by atoms with Gasteiger partial charge in [0.05, 0.1) is 10.7 Å². The third-order valence-electron chi connectivity index (χ3n) is 3.33. The van der Waals surface area contributed by atoms with Gasteiger partial charge in [-0.15, -0.1) is 0 Å². The molecule has 1 heterocycles. The zero-order valence-corrected chi connectivity index (χ0v) is 12.3. The number of nitrogens with one attached hydrogen (secondary N) is 2. The molecule has 20 heavy (non-hydrogen) atoms. The molecule has 0 aliphatic heterocycles. The number of aryl methyl sites for hydroxylation is 1. The Morgan fingerprint density at radius 2 is 1.90 bits per heavy atom. The van der Waals surface area contributed by atoms with Gasteiger partial charge in [-0.3, -0.25) is 0 Å². The van der Waals surface area contributed by atoms with Crippen LogP contribution in [0.25, 0.3) is 0 Å². The molecule has 0 radical (unpaired) electrons. The summed E-state index contributed by atoms with van der Waals surface area (Å²) in [6.45, 7) is 2.02. The average Bonchev–Trinajstić information content (AvgIpc) is 3.26. The molecule has 0 spiro atoms. The summed E-state index contributed by atoms with van der Waals surface area (Å²) in [6.07, 6.45) is 2.36. The predicted molar refractivity (Wildman–Crippen MR) is 83.0 cm³/mol. The summed E-state index contributed by atoms with van der Waals surface area (Å²) < 4.78 is 0. The van der Waals surface area contributed by atoms with Crippen LogP contribution in [0.5, 0.6) is 0 Å². The lowest BCUT2D eigenvalue weighted by molar-refractivity contribution is 0.932. The first-order valence-electron chi connectivity index (χ1n) is 6.75. The van der Waals surface area contributed by atoms with E-state index in [2.05, 4.69) is 20.6 Å². The number of rotatable bonds is 4. The van der Waals surface area contributed by atoms with Gasteiger partial charge >= 0.3 is 0 Å². The van der Waals surface area contributed by atoms with Crippen LogP contribution >= 0.6 is 11.6 Å². The second kappa shape index (κ2) is 5.29. The lowest BCUT2D eigenvalue weighted by Crippen LogP contribution is -2.03. The standard InChI is InChI=1S/C15H17ClN4/c1-9-3-6-12(11(16)7-9)18-14-8-13(17-2)19-15(20-14)10-4-5-10/h3,6-8,10H,4-5H2,1-2H3,(H2,17,18,19,20). The van der Waals surface area contributed by atoms with Crippen LogP contribution < -0.4 is 10.6 Å². The quantitative estimate of drug-likeness (QED) is 0.889. The summed E-state index contributed by atoms with van der Waals surface area (Å²) in [5.74, 6) is 3.02. The fraction of sp³-hybridized carbons (Fsp3) is 0.333. The maximum absolute atomic E-state index is 6.25. The van der Waals surface area contributed by atoms with Crippen LogP contribution in [0.15, 0.2) is 24.3 Å². The number of nitrogens with zero attached hydrogens (tertiary/aromatic N) is 2. The summed E-state index contributed by atoms with van der Waals surface area (Å²) in [4.78, 5) is 9.08. The molecule has 104 valence electrons. The summed E-state index contributed by atoms with van der Waals surface area (Å²) in [6, 6.07) is 7.82. The Morgan fingerprint density at radius 1 is 1.15 bits per heavy atom. The smallest absolute Gasteiger partial charge is 0.136 e. The Labute approximate surface area is 123 Å². The molecular formula is C15H17ClN4. The predicted octanol–water partition coefficient (Wildman–Crippen LogP) is 4.10. The molecule has 0 amide bonds. The van der Waals surface area contributed by atoms with Gasteiger partial charge in [-0.1, -0.05) is 17.7 Å². The van der Waals surface area contributed by atoms with Crippen LogP contribution in [0, 0.1) is 6.92 Å². The Morgan fingerprint density at radius 3 is 2.55 bits per heavy atom. The van der Waals surface area contributed by atoms with Gasteiger partial charge < -0.3 is 10.6 Å². The van der Waals surface area contributed by atoms with Crippen LogP contribution in [0.2, 0.25) is 5.02 Å². The van der Waals surface area contributed by atoms with Crippen molar-refractivity contribution in [3.63, 3.8) is 0 Å². The van der Waals surface area contributed by atoms with E-state index in [1.165, 1.54) is 12.8 Å². The largest absolute Gasteiger partial charge is 0.373 e. The maximum atomic E-state index is 6.25. The minimum Gasteiger partial charge on any atom is -0.373 e. The zero-order valence-electron chi connectivity index (χ0n) is 11.6.